The molecule has 1 heterocycles. The van der Waals surface area contributed by atoms with Crippen molar-refractivity contribution in [2.24, 2.45) is 0 Å². The zero-order chi connectivity index (χ0) is 11.2. The van der Waals surface area contributed by atoms with Gasteiger partial charge in [-0.2, -0.15) is 0 Å². The number of fused-ring (bicyclic) bond motifs is 1. The van der Waals surface area contributed by atoms with Crippen LogP contribution in [0.2, 0.25) is 0 Å². The number of anilines is 1. The molecule has 1 amide bonds. The molecule has 0 saturated carbocycles. The van der Waals surface area contributed by atoms with Gasteiger partial charge in [0.25, 0.3) is 0 Å². The van der Waals surface area contributed by atoms with Gasteiger partial charge in [0.05, 0.1) is 5.41 Å². The summed E-state index contributed by atoms with van der Waals surface area (Å²) in [5.74, 6) is 0.193. The maximum atomic E-state index is 12.1. The van der Waals surface area contributed by atoms with Crippen molar-refractivity contribution < 1.29 is 4.79 Å². The predicted octanol–water partition coefficient (Wildman–Crippen LogP) is 3.09. The Morgan fingerprint density at radius 3 is 2.73 bits per heavy atom. The standard InChI is InChI=1S/C12H14BrNO/c1-4-12(2)9-6-5-8(13)7-10(9)14(3)11(12)15/h5-7H,4H2,1-3H3/t12-/m1/s1. The lowest BCUT2D eigenvalue weighted by molar-refractivity contribution is -0.122. The third-order valence-corrected chi connectivity index (χ3v) is 3.89. The monoisotopic (exact) mass is 267 g/mol. The molecule has 15 heavy (non-hydrogen) atoms. The maximum Gasteiger partial charge on any atom is 0.237 e. The molecule has 0 spiro atoms. The number of carbonyl (C=O) groups excluding carboxylic acids is 1. The lowest BCUT2D eigenvalue weighted by Gasteiger charge is -2.20. The molecule has 2 nitrogen and oxygen atoms in total. The summed E-state index contributed by atoms with van der Waals surface area (Å²) in [5, 5.41) is 0. The van der Waals surface area contributed by atoms with E-state index in [0.717, 1.165) is 22.1 Å². The van der Waals surface area contributed by atoms with Crippen LogP contribution in [0, 0.1) is 0 Å². The maximum absolute atomic E-state index is 12.1. The first-order valence-corrected chi connectivity index (χ1v) is 5.88. The van der Waals surface area contributed by atoms with Gasteiger partial charge in [-0.3, -0.25) is 4.79 Å². The first-order valence-electron chi connectivity index (χ1n) is 5.09. The van der Waals surface area contributed by atoms with E-state index >= 15 is 0 Å². The van der Waals surface area contributed by atoms with Crippen molar-refractivity contribution in [2.45, 2.75) is 25.7 Å². The summed E-state index contributed by atoms with van der Waals surface area (Å²) in [7, 11) is 1.84. The Balaban J connectivity index is 2.66. The summed E-state index contributed by atoms with van der Waals surface area (Å²) in [6.07, 6.45) is 0.838. The highest BCUT2D eigenvalue weighted by molar-refractivity contribution is 9.10. The largest absolute Gasteiger partial charge is 0.314 e. The molecular weight excluding hydrogens is 254 g/mol. The van der Waals surface area contributed by atoms with Gasteiger partial charge in [-0.1, -0.05) is 28.9 Å². The number of rotatable bonds is 1. The van der Waals surface area contributed by atoms with Crippen molar-refractivity contribution in [3.8, 4) is 0 Å². The molecule has 1 atom stereocenters. The number of benzene rings is 1. The minimum absolute atomic E-state index is 0.193. The van der Waals surface area contributed by atoms with Crippen molar-refractivity contribution in [3.05, 3.63) is 28.2 Å². The summed E-state index contributed by atoms with van der Waals surface area (Å²) in [4.78, 5) is 13.9. The van der Waals surface area contributed by atoms with E-state index in [9.17, 15) is 4.79 Å². The normalized spacial score (nSPS) is 24.5. The van der Waals surface area contributed by atoms with E-state index in [1.807, 2.05) is 32.2 Å². The van der Waals surface area contributed by atoms with Crippen molar-refractivity contribution >= 4 is 27.5 Å². The van der Waals surface area contributed by atoms with E-state index in [-0.39, 0.29) is 11.3 Å². The van der Waals surface area contributed by atoms with E-state index in [0.29, 0.717) is 0 Å². The van der Waals surface area contributed by atoms with Crippen LogP contribution in [0.3, 0.4) is 0 Å². The molecular formula is C12H14BrNO. The third-order valence-electron chi connectivity index (χ3n) is 3.40. The van der Waals surface area contributed by atoms with Crippen LogP contribution in [-0.4, -0.2) is 13.0 Å². The number of nitrogens with zero attached hydrogens (tertiary/aromatic N) is 1. The predicted molar refractivity (Wildman–Crippen MR) is 65.2 cm³/mol. The Bertz CT molecular complexity index is 430. The smallest absolute Gasteiger partial charge is 0.237 e. The fourth-order valence-corrected chi connectivity index (χ4v) is 2.53. The fourth-order valence-electron chi connectivity index (χ4n) is 2.19. The zero-order valence-electron chi connectivity index (χ0n) is 9.17. The van der Waals surface area contributed by atoms with Gasteiger partial charge in [0, 0.05) is 17.2 Å². The van der Waals surface area contributed by atoms with Crippen molar-refractivity contribution in [1.82, 2.24) is 0 Å². The quantitative estimate of drug-likeness (QED) is 0.766. The molecule has 0 aliphatic carbocycles. The minimum atomic E-state index is -0.342. The topological polar surface area (TPSA) is 20.3 Å². The lowest BCUT2D eigenvalue weighted by Crippen LogP contribution is -2.35. The van der Waals surface area contributed by atoms with Gasteiger partial charge >= 0.3 is 0 Å². The van der Waals surface area contributed by atoms with Crippen LogP contribution in [0.25, 0.3) is 0 Å². The summed E-state index contributed by atoms with van der Waals surface area (Å²) < 4.78 is 1.02. The Morgan fingerprint density at radius 2 is 2.13 bits per heavy atom. The average molecular weight is 268 g/mol. The number of halogens is 1. The van der Waals surface area contributed by atoms with E-state index in [2.05, 4.69) is 22.9 Å². The molecule has 1 aliphatic rings. The first kappa shape index (κ1) is 10.7. The summed E-state index contributed by atoms with van der Waals surface area (Å²) in [5.41, 5.74) is 1.82. The highest BCUT2D eigenvalue weighted by Gasteiger charge is 2.44. The van der Waals surface area contributed by atoms with Crippen LogP contribution in [0.15, 0.2) is 22.7 Å². The van der Waals surface area contributed by atoms with Crippen LogP contribution in [0.5, 0.6) is 0 Å². The molecule has 1 aromatic carbocycles. The molecule has 0 radical (unpaired) electrons. The highest BCUT2D eigenvalue weighted by atomic mass is 79.9. The third kappa shape index (κ3) is 1.33. The van der Waals surface area contributed by atoms with Crippen LogP contribution in [0.1, 0.15) is 25.8 Å². The second-order valence-electron chi connectivity index (χ2n) is 4.21. The van der Waals surface area contributed by atoms with E-state index in [1.165, 1.54) is 0 Å². The Morgan fingerprint density at radius 1 is 1.47 bits per heavy atom. The van der Waals surface area contributed by atoms with Crippen LogP contribution >= 0.6 is 15.9 Å². The second kappa shape index (κ2) is 3.34. The van der Waals surface area contributed by atoms with Gasteiger partial charge in [0.15, 0.2) is 0 Å². The van der Waals surface area contributed by atoms with Gasteiger partial charge in [0.2, 0.25) is 5.91 Å². The molecule has 3 heteroatoms. The highest BCUT2D eigenvalue weighted by Crippen LogP contribution is 2.43. The minimum Gasteiger partial charge on any atom is -0.314 e. The molecule has 1 aliphatic heterocycles. The van der Waals surface area contributed by atoms with Gasteiger partial charge < -0.3 is 4.90 Å². The number of carbonyl (C=O) groups is 1. The molecule has 0 N–H and O–H groups in total. The molecule has 0 saturated heterocycles. The van der Waals surface area contributed by atoms with Crippen LogP contribution in [-0.2, 0) is 10.2 Å². The van der Waals surface area contributed by atoms with Crippen LogP contribution in [0.4, 0.5) is 5.69 Å². The van der Waals surface area contributed by atoms with Crippen molar-refractivity contribution in [2.75, 3.05) is 11.9 Å². The molecule has 2 rings (SSSR count). The molecule has 0 fully saturated rings. The first-order chi connectivity index (χ1) is 7.00. The van der Waals surface area contributed by atoms with Crippen LogP contribution < -0.4 is 4.90 Å². The van der Waals surface area contributed by atoms with Crippen molar-refractivity contribution in [3.63, 3.8) is 0 Å². The van der Waals surface area contributed by atoms with Crippen molar-refractivity contribution in [1.29, 1.82) is 0 Å². The molecule has 0 bridgehead atoms. The zero-order valence-corrected chi connectivity index (χ0v) is 10.8. The Labute approximate surface area is 98.4 Å². The summed E-state index contributed by atoms with van der Waals surface area (Å²) in [6.45, 7) is 4.08. The second-order valence-corrected chi connectivity index (χ2v) is 5.13. The Hall–Kier alpha value is -0.830. The van der Waals surface area contributed by atoms with Gasteiger partial charge in [0.1, 0.15) is 0 Å². The van der Waals surface area contributed by atoms with Gasteiger partial charge in [-0.15, -0.1) is 0 Å². The number of likely N-dealkylation sites (N-methyl/N-ethyl adjacent to an activating group) is 1. The molecule has 1 aromatic rings. The summed E-state index contributed by atoms with van der Waals surface area (Å²) >= 11 is 3.43. The molecule has 0 unspecified atom stereocenters. The molecule has 0 aromatic heterocycles. The number of amides is 1. The average Bonchev–Trinajstić information content (AvgIpc) is 2.42. The fraction of sp³-hybridized carbons (Fsp3) is 0.417. The van der Waals surface area contributed by atoms with E-state index in [1.54, 1.807) is 4.90 Å². The lowest BCUT2D eigenvalue weighted by atomic mass is 9.81. The van der Waals surface area contributed by atoms with E-state index in [4.69, 9.17) is 0 Å². The molecule has 80 valence electrons. The van der Waals surface area contributed by atoms with Gasteiger partial charge in [-0.05, 0) is 31.0 Å². The number of hydrogen-bond acceptors (Lipinski definition) is 1. The number of hydrogen-bond donors (Lipinski definition) is 0. The SMILES string of the molecule is CC[C@@]1(C)C(=O)N(C)c2cc(Br)ccc21. The summed E-state index contributed by atoms with van der Waals surface area (Å²) in [6, 6.07) is 6.05. The van der Waals surface area contributed by atoms with Gasteiger partial charge in [-0.25, -0.2) is 0 Å². The van der Waals surface area contributed by atoms with E-state index < -0.39 is 0 Å². The Kier molecular flexibility index (Phi) is 2.38.